The Morgan fingerprint density at radius 2 is 1.06 bits per heavy atom. The van der Waals surface area contributed by atoms with E-state index in [2.05, 4.69) is 4.98 Å². The lowest BCUT2D eigenvalue weighted by molar-refractivity contribution is 0.466. The van der Waals surface area contributed by atoms with Gasteiger partial charge in [-0.1, -0.05) is 6.07 Å². The molecule has 0 aliphatic rings. The van der Waals surface area contributed by atoms with Crippen molar-refractivity contribution in [3.63, 3.8) is 0 Å². The number of H-pyrrole nitrogens is 1. The van der Waals surface area contributed by atoms with Crippen molar-refractivity contribution < 1.29 is 15.3 Å². The SMILES string of the molecule is Cc1cc(C)c(O)c(-c2nc(-c3cc(C)c(O)c(C)c3)c(-c3cc(C)c(O)c(C)c3)[nH]2)c1. The molecule has 4 N–H and O–H groups in total. The van der Waals surface area contributed by atoms with Crippen molar-refractivity contribution in [2.75, 3.05) is 0 Å². The minimum atomic E-state index is 0.193. The standard InChI is InChI=1S/C27H28N2O3/c1-13-7-14(2)26(32)21(8-13)27-28-22(19-9-15(3)24(30)16(4)10-19)23(29-27)20-11-17(5)25(31)18(6)12-20/h7-12,30-32H,1-6H3,(H,28,29). The molecule has 1 heterocycles. The third-order valence-electron chi connectivity index (χ3n) is 5.95. The summed E-state index contributed by atoms with van der Waals surface area (Å²) in [6, 6.07) is 11.5. The Labute approximate surface area is 188 Å². The van der Waals surface area contributed by atoms with Gasteiger partial charge in [-0.2, -0.15) is 0 Å². The van der Waals surface area contributed by atoms with Gasteiger partial charge in [-0.3, -0.25) is 0 Å². The number of phenols is 3. The molecule has 164 valence electrons. The van der Waals surface area contributed by atoms with E-state index in [1.807, 2.05) is 77.9 Å². The Kier molecular flexibility index (Phi) is 5.21. The van der Waals surface area contributed by atoms with Crippen LogP contribution in [-0.2, 0) is 0 Å². The number of aryl methyl sites for hydroxylation is 6. The van der Waals surface area contributed by atoms with Crippen LogP contribution in [0.15, 0.2) is 36.4 Å². The third kappa shape index (κ3) is 3.60. The molecule has 3 aromatic carbocycles. The van der Waals surface area contributed by atoms with Crippen LogP contribution < -0.4 is 0 Å². The van der Waals surface area contributed by atoms with Crippen molar-refractivity contribution >= 4 is 0 Å². The summed E-state index contributed by atoms with van der Waals surface area (Å²) in [6.45, 7) is 11.3. The maximum absolute atomic E-state index is 10.7. The summed E-state index contributed by atoms with van der Waals surface area (Å²) in [5.74, 6) is 1.30. The molecule has 0 amide bonds. The molecule has 0 bridgehead atoms. The molecule has 4 rings (SSSR count). The number of rotatable bonds is 3. The van der Waals surface area contributed by atoms with Gasteiger partial charge in [0, 0.05) is 11.1 Å². The Hall–Kier alpha value is -3.73. The van der Waals surface area contributed by atoms with Gasteiger partial charge in [0.05, 0.1) is 17.0 Å². The van der Waals surface area contributed by atoms with E-state index in [4.69, 9.17) is 4.98 Å². The van der Waals surface area contributed by atoms with Crippen LogP contribution in [0.3, 0.4) is 0 Å². The zero-order valence-corrected chi connectivity index (χ0v) is 19.3. The van der Waals surface area contributed by atoms with Crippen LogP contribution in [0.5, 0.6) is 17.2 Å². The Morgan fingerprint density at radius 1 is 0.594 bits per heavy atom. The molecule has 4 aromatic rings. The molecular formula is C27H28N2O3. The molecule has 5 heteroatoms. The van der Waals surface area contributed by atoms with Gasteiger partial charge in [-0.25, -0.2) is 4.98 Å². The van der Waals surface area contributed by atoms with Crippen LogP contribution in [0, 0.1) is 41.5 Å². The number of aromatic hydroxyl groups is 3. The van der Waals surface area contributed by atoms with E-state index >= 15 is 0 Å². The second-order valence-corrected chi connectivity index (χ2v) is 8.70. The predicted molar refractivity (Wildman–Crippen MR) is 128 cm³/mol. The molecule has 0 atom stereocenters. The summed E-state index contributed by atoms with van der Waals surface area (Å²) in [6.07, 6.45) is 0. The average Bonchev–Trinajstić information content (AvgIpc) is 3.17. The number of benzene rings is 3. The number of hydrogen-bond donors (Lipinski definition) is 4. The topological polar surface area (TPSA) is 89.4 Å². The molecule has 1 aromatic heterocycles. The number of aromatic amines is 1. The largest absolute Gasteiger partial charge is 0.507 e. The van der Waals surface area contributed by atoms with Crippen LogP contribution in [0.1, 0.15) is 33.4 Å². The van der Waals surface area contributed by atoms with Crippen molar-refractivity contribution in [3.8, 4) is 51.2 Å². The molecule has 5 nitrogen and oxygen atoms in total. The summed E-state index contributed by atoms with van der Waals surface area (Å²) < 4.78 is 0. The van der Waals surface area contributed by atoms with Crippen molar-refractivity contribution in [2.24, 2.45) is 0 Å². The minimum Gasteiger partial charge on any atom is -0.507 e. The van der Waals surface area contributed by atoms with Gasteiger partial charge < -0.3 is 20.3 Å². The molecule has 0 saturated heterocycles. The quantitative estimate of drug-likeness (QED) is 0.305. The number of aromatic nitrogens is 2. The Bertz CT molecular complexity index is 1240. The fraction of sp³-hybridized carbons (Fsp3) is 0.222. The van der Waals surface area contributed by atoms with E-state index in [0.29, 0.717) is 17.1 Å². The number of imidazole rings is 1. The van der Waals surface area contributed by atoms with Gasteiger partial charge >= 0.3 is 0 Å². The first-order valence-electron chi connectivity index (χ1n) is 10.6. The van der Waals surface area contributed by atoms with Gasteiger partial charge in [-0.05, 0) is 105 Å². The molecule has 32 heavy (non-hydrogen) atoms. The van der Waals surface area contributed by atoms with Gasteiger partial charge in [0.25, 0.3) is 0 Å². The molecule has 0 radical (unpaired) electrons. The summed E-state index contributed by atoms with van der Waals surface area (Å²) in [4.78, 5) is 8.32. The number of hydrogen-bond acceptors (Lipinski definition) is 4. The molecule has 0 unspecified atom stereocenters. The third-order valence-corrected chi connectivity index (χ3v) is 5.95. The monoisotopic (exact) mass is 428 g/mol. The first-order valence-corrected chi connectivity index (χ1v) is 10.6. The van der Waals surface area contributed by atoms with Crippen molar-refractivity contribution in [2.45, 2.75) is 41.5 Å². The van der Waals surface area contributed by atoms with E-state index in [0.717, 1.165) is 50.2 Å². The smallest absolute Gasteiger partial charge is 0.142 e. The highest BCUT2D eigenvalue weighted by molar-refractivity contribution is 5.84. The number of phenolic OH excluding ortho intramolecular Hbond substituents is 3. The highest BCUT2D eigenvalue weighted by atomic mass is 16.3. The lowest BCUT2D eigenvalue weighted by atomic mass is 9.98. The lowest BCUT2D eigenvalue weighted by Gasteiger charge is -2.10. The van der Waals surface area contributed by atoms with Crippen LogP contribution in [-0.4, -0.2) is 25.3 Å². The minimum absolute atomic E-state index is 0.193. The van der Waals surface area contributed by atoms with E-state index in [1.54, 1.807) is 0 Å². The fourth-order valence-electron chi connectivity index (χ4n) is 4.25. The van der Waals surface area contributed by atoms with Gasteiger partial charge in [0.2, 0.25) is 0 Å². The summed E-state index contributed by atoms with van der Waals surface area (Å²) in [5.41, 5.74) is 8.78. The maximum Gasteiger partial charge on any atom is 0.142 e. The first-order chi connectivity index (χ1) is 15.1. The van der Waals surface area contributed by atoms with Gasteiger partial charge in [0.1, 0.15) is 23.1 Å². The Morgan fingerprint density at radius 3 is 1.59 bits per heavy atom. The van der Waals surface area contributed by atoms with E-state index < -0.39 is 0 Å². The van der Waals surface area contributed by atoms with Crippen LogP contribution in [0.2, 0.25) is 0 Å². The number of nitrogens with zero attached hydrogens (tertiary/aromatic N) is 1. The summed E-state index contributed by atoms with van der Waals surface area (Å²) >= 11 is 0. The molecular weight excluding hydrogens is 400 g/mol. The normalized spacial score (nSPS) is 11.2. The van der Waals surface area contributed by atoms with Gasteiger partial charge in [0.15, 0.2) is 0 Å². The highest BCUT2D eigenvalue weighted by Crippen LogP contribution is 2.40. The maximum atomic E-state index is 10.7. The zero-order valence-electron chi connectivity index (χ0n) is 19.3. The summed E-state index contributed by atoms with van der Waals surface area (Å²) in [5, 5.41) is 31.3. The molecule has 0 fully saturated rings. The summed E-state index contributed by atoms with van der Waals surface area (Å²) in [7, 11) is 0. The number of nitrogens with one attached hydrogen (secondary N) is 1. The molecule has 0 spiro atoms. The van der Waals surface area contributed by atoms with E-state index in [-0.39, 0.29) is 17.2 Å². The van der Waals surface area contributed by atoms with Crippen LogP contribution >= 0.6 is 0 Å². The van der Waals surface area contributed by atoms with Crippen molar-refractivity contribution in [1.82, 2.24) is 9.97 Å². The Balaban J connectivity index is 2.03. The van der Waals surface area contributed by atoms with E-state index in [9.17, 15) is 15.3 Å². The van der Waals surface area contributed by atoms with Crippen molar-refractivity contribution in [3.05, 3.63) is 69.8 Å². The molecule has 0 aliphatic carbocycles. The molecule has 0 aliphatic heterocycles. The lowest BCUT2D eigenvalue weighted by Crippen LogP contribution is -1.90. The average molecular weight is 429 g/mol. The fourth-order valence-corrected chi connectivity index (χ4v) is 4.25. The van der Waals surface area contributed by atoms with Gasteiger partial charge in [-0.15, -0.1) is 0 Å². The van der Waals surface area contributed by atoms with E-state index in [1.165, 1.54) is 0 Å². The van der Waals surface area contributed by atoms with Crippen molar-refractivity contribution in [1.29, 1.82) is 0 Å². The second kappa shape index (κ2) is 7.75. The first kappa shape index (κ1) is 21.5. The van der Waals surface area contributed by atoms with Crippen LogP contribution in [0.25, 0.3) is 33.9 Å². The van der Waals surface area contributed by atoms with Crippen LogP contribution in [0.4, 0.5) is 0 Å². The predicted octanol–water partition coefficient (Wildman–Crippen LogP) is 6.38. The second-order valence-electron chi connectivity index (χ2n) is 8.70. The highest BCUT2D eigenvalue weighted by Gasteiger charge is 2.20. The zero-order chi connectivity index (χ0) is 23.3. The molecule has 0 saturated carbocycles.